The zero-order chi connectivity index (χ0) is 21.9. The number of hydrogen-bond donors (Lipinski definition) is 2. The van der Waals surface area contributed by atoms with Crippen LogP contribution >= 0.6 is 15.9 Å². The van der Waals surface area contributed by atoms with E-state index in [0.717, 1.165) is 35.9 Å². The first-order chi connectivity index (χ1) is 14.4. The molecule has 0 atom stereocenters. The number of ether oxygens (including phenoxy) is 1. The molecule has 0 saturated heterocycles. The summed E-state index contributed by atoms with van der Waals surface area (Å²) in [5.74, 6) is 1.06. The molecule has 0 fully saturated rings. The number of anilines is 2. The Morgan fingerprint density at radius 1 is 1.03 bits per heavy atom. The summed E-state index contributed by atoms with van der Waals surface area (Å²) < 4.78 is 6.51. The van der Waals surface area contributed by atoms with E-state index in [1.54, 1.807) is 36.4 Å². The first kappa shape index (κ1) is 23.9. The highest BCUT2D eigenvalue weighted by Crippen LogP contribution is 2.27. The fourth-order valence-electron chi connectivity index (χ4n) is 2.80. The van der Waals surface area contributed by atoms with E-state index in [0.29, 0.717) is 35.9 Å². The maximum Gasteiger partial charge on any atom is 0.255 e. The van der Waals surface area contributed by atoms with E-state index in [2.05, 4.69) is 47.3 Å². The normalized spacial score (nSPS) is 10.7. The van der Waals surface area contributed by atoms with E-state index >= 15 is 0 Å². The van der Waals surface area contributed by atoms with Crippen molar-refractivity contribution in [2.75, 3.05) is 17.2 Å². The Kier molecular flexibility index (Phi) is 9.87. The van der Waals surface area contributed by atoms with Gasteiger partial charge in [0, 0.05) is 23.4 Å². The first-order valence-electron chi connectivity index (χ1n) is 10.5. The smallest absolute Gasteiger partial charge is 0.255 e. The molecule has 162 valence electrons. The summed E-state index contributed by atoms with van der Waals surface area (Å²) in [6, 6.07) is 12.5. The number of benzene rings is 2. The van der Waals surface area contributed by atoms with E-state index in [9.17, 15) is 9.59 Å². The standard InChI is InChI=1S/C24H31BrN2O3/c1-4-5-6-10-23(28)26-19-8-7-9-20(16-19)27-24(29)18-11-12-22(21(25)15-18)30-14-13-17(2)3/h7-9,11-12,15-17H,4-6,10,13-14H2,1-3H3,(H,26,28)(H,27,29). The molecule has 0 bridgehead atoms. The lowest BCUT2D eigenvalue weighted by Gasteiger charge is -2.12. The van der Waals surface area contributed by atoms with Crippen molar-refractivity contribution in [3.05, 3.63) is 52.5 Å². The molecular weight excluding hydrogens is 444 g/mol. The summed E-state index contributed by atoms with van der Waals surface area (Å²) in [5, 5.41) is 5.76. The van der Waals surface area contributed by atoms with Gasteiger partial charge in [0.2, 0.25) is 5.91 Å². The van der Waals surface area contributed by atoms with Gasteiger partial charge in [-0.25, -0.2) is 0 Å². The summed E-state index contributed by atoms with van der Waals surface area (Å²) in [6.07, 6.45) is 4.48. The minimum absolute atomic E-state index is 0.0103. The van der Waals surface area contributed by atoms with Crippen LogP contribution in [-0.2, 0) is 4.79 Å². The predicted octanol–water partition coefficient (Wildman–Crippen LogP) is 6.65. The molecule has 0 aromatic heterocycles. The Morgan fingerprint density at radius 3 is 2.43 bits per heavy atom. The van der Waals surface area contributed by atoms with Gasteiger partial charge in [-0.05, 0) is 71.1 Å². The fraction of sp³-hybridized carbons (Fsp3) is 0.417. The van der Waals surface area contributed by atoms with Crippen molar-refractivity contribution in [1.29, 1.82) is 0 Å². The van der Waals surface area contributed by atoms with Crippen molar-refractivity contribution in [2.24, 2.45) is 5.92 Å². The SMILES string of the molecule is CCCCCC(=O)Nc1cccc(NC(=O)c2ccc(OCCC(C)C)c(Br)c2)c1. The molecular formula is C24H31BrN2O3. The average Bonchev–Trinajstić information content (AvgIpc) is 2.69. The highest BCUT2D eigenvalue weighted by molar-refractivity contribution is 9.10. The summed E-state index contributed by atoms with van der Waals surface area (Å²) in [6.45, 7) is 7.05. The molecule has 2 amide bonds. The number of carbonyl (C=O) groups excluding carboxylic acids is 2. The zero-order valence-corrected chi connectivity index (χ0v) is 19.6. The predicted molar refractivity (Wildman–Crippen MR) is 126 cm³/mol. The molecule has 6 heteroatoms. The second-order valence-electron chi connectivity index (χ2n) is 7.72. The van der Waals surface area contributed by atoms with Crippen LogP contribution in [0.1, 0.15) is 63.2 Å². The summed E-state index contributed by atoms with van der Waals surface area (Å²) in [4.78, 5) is 24.6. The molecule has 0 spiro atoms. The average molecular weight is 475 g/mol. The van der Waals surface area contributed by atoms with Gasteiger partial charge in [-0.2, -0.15) is 0 Å². The zero-order valence-electron chi connectivity index (χ0n) is 18.0. The number of amides is 2. The third-order valence-corrected chi connectivity index (χ3v) is 5.18. The quantitative estimate of drug-likeness (QED) is 0.358. The Hall–Kier alpha value is -2.34. The van der Waals surface area contributed by atoms with Crippen molar-refractivity contribution in [2.45, 2.75) is 52.9 Å². The van der Waals surface area contributed by atoms with Crippen molar-refractivity contribution >= 4 is 39.1 Å². The second kappa shape index (κ2) is 12.4. The van der Waals surface area contributed by atoms with Crippen molar-refractivity contribution in [3.8, 4) is 5.75 Å². The lowest BCUT2D eigenvalue weighted by molar-refractivity contribution is -0.116. The molecule has 0 saturated carbocycles. The molecule has 5 nitrogen and oxygen atoms in total. The molecule has 2 aromatic carbocycles. The Bertz CT molecular complexity index is 852. The Morgan fingerprint density at radius 2 is 1.77 bits per heavy atom. The van der Waals surface area contributed by atoms with Crippen LogP contribution in [0.25, 0.3) is 0 Å². The molecule has 2 rings (SSSR count). The molecule has 0 aliphatic carbocycles. The van der Waals surface area contributed by atoms with Crippen molar-refractivity contribution in [3.63, 3.8) is 0 Å². The molecule has 0 aliphatic heterocycles. The summed E-state index contributed by atoms with van der Waals surface area (Å²) in [7, 11) is 0. The van der Waals surface area contributed by atoms with E-state index < -0.39 is 0 Å². The van der Waals surface area contributed by atoms with Crippen molar-refractivity contribution in [1.82, 2.24) is 0 Å². The van der Waals surface area contributed by atoms with Gasteiger partial charge in [-0.15, -0.1) is 0 Å². The van der Waals surface area contributed by atoms with E-state index in [1.807, 2.05) is 6.07 Å². The highest BCUT2D eigenvalue weighted by Gasteiger charge is 2.11. The summed E-state index contributed by atoms with van der Waals surface area (Å²) >= 11 is 3.48. The van der Waals surface area contributed by atoms with Crippen LogP contribution < -0.4 is 15.4 Å². The topological polar surface area (TPSA) is 67.4 Å². The van der Waals surface area contributed by atoms with Crippen LogP contribution in [0.15, 0.2) is 46.9 Å². The van der Waals surface area contributed by atoms with E-state index in [-0.39, 0.29) is 11.8 Å². The van der Waals surface area contributed by atoms with E-state index in [4.69, 9.17) is 4.74 Å². The summed E-state index contributed by atoms with van der Waals surface area (Å²) in [5.41, 5.74) is 1.82. The molecule has 2 aromatic rings. The number of rotatable bonds is 11. The molecule has 0 unspecified atom stereocenters. The minimum atomic E-state index is -0.226. The van der Waals surface area contributed by atoms with Gasteiger partial charge in [0.15, 0.2) is 0 Å². The molecule has 30 heavy (non-hydrogen) atoms. The van der Waals surface area contributed by atoms with Gasteiger partial charge >= 0.3 is 0 Å². The maximum atomic E-state index is 12.6. The molecule has 0 aliphatic rings. The van der Waals surface area contributed by atoms with Gasteiger partial charge < -0.3 is 15.4 Å². The fourth-order valence-corrected chi connectivity index (χ4v) is 3.29. The molecule has 2 N–H and O–H groups in total. The second-order valence-corrected chi connectivity index (χ2v) is 8.57. The first-order valence-corrected chi connectivity index (χ1v) is 11.3. The third-order valence-electron chi connectivity index (χ3n) is 4.56. The van der Waals surface area contributed by atoms with Crippen LogP contribution in [0.3, 0.4) is 0 Å². The lowest BCUT2D eigenvalue weighted by Crippen LogP contribution is -2.14. The number of unbranched alkanes of at least 4 members (excludes halogenated alkanes) is 2. The number of hydrogen-bond acceptors (Lipinski definition) is 3. The van der Waals surface area contributed by atoms with Crippen molar-refractivity contribution < 1.29 is 14.3 Å². The van der Waals surface area contributed by atoms with Gasteiger partial charge in [0.1, 0.15) is 5.75 Å². The highest BCUT2D eigenvalue weighted by atomic mass is 79.9. The van der Waals surface area contributed by atoms with Gasteiger partial charge in [-0.1, -0.05) is 39.7 Å². The maximum absolute atomic E-state index is 12.6. The lowest BCUT2D eigenvalue weighted by atomic mass is 10.1. The Labute approximate surface area is 187 Å². The molecule has 0 heterocycles. The van der Waals surface area contributed by atoms with Crippen LogP contribution in [0.2, 0.25) is 0 Å². The van der Waals surface area contributed by atoms with Gasteiger partial charge in [0.25, 0.3) is 5.91 Å². The van der Waals surface area contributed by atoms with Gasteiger partial charge in [-0.3, -0.25) is 9.59 Å². The number of halogens is 1. The number of nitrogens with one attached hydrogen (secondary N) is 2. The van der Waals surface area contributed by atoms with Crippen LogP contribution in [0.4, 0.5) is 11.4 Å². The van der Waals surface area contributed by atoms with Crippen LogP contribution in [0, 0.1) is 5.92 Å². The van der Waals surface area contributed by atoms with E-state index in [1.165, 1.54) is 0 Å². The molecule has 0 radical (unpaired) electrons. The number of carbonyl (C=O) groups is 2. The third kappa shape index (κ3) is 8.19. The van der Waals surface area contributed by atoms with Crippen LogP contribution in [-0.4, -0.2) is 18.4 Å². The Balaban J connectivity index is 1.95. The minimum Gasteiger partial charge on any atom is -0.492 e. The largest absolute Gasteiger partial charge is 0.492 e. The van der Waals surface area contributed by atoms with Crippen LogP contribution in [0.5, 0.6) is 5.75 Å². The monoisotopic (exact) mass is 474 g/mol. The van der Waals surface area contributed by atoms with Gasteiger partial charge in [0.05, 0.1) is 11.1 Å².